The molecule has 2 rings (SSSR count). The van der Waals surface area contributed by atoms with Crippen molar-refractivity contribution in [2.24, 2.45) is 5.92 Å². The Balaban J connectivity index is 1.64. The summed E-state index contributed by atoms with van der Waals surface area (Å²) in [5.74, 6) is 2.13. The van der Waals surface area contributed by atoms with Crippen molar-refractivity contribution in [3.05, 3.63) is 12.3 Å². The minimum Gasteiger partial charge on any atom is -0.384 e. The third-order valence-electron chi connectivity index (χ3n) is 3.22. The fraction of sp³-hybridized carbons (Fsp3) is 0.667. The van der Waals surface area contributed by atoms with Crippen LogP contribution in [0.15, 0.2) is 12.3 Å². The lowest BCUT2D eigenvalue weighted by atomic mass is 10.0. The van der Waals surface area contributed by atoms with Gasteiger partial charge in [-0.25, -0.2) is 4.98 Å². The number of anilines is 2. The van der Waals surface area contributed by atoms with Crippen LogP contribution in [-0.4, -0.2) is 16.5 Å². The molecule has 4 nitrogen and oxygen atoms in total. The van der Waals surface area contributed by atoms with Crippen molar-refractivity contribution in [3.63, 3.8) is 0 Å². The molecule has 1 fully saturated rings. The van der Waals surface area contributed by atoms with Gasteiger partial charge in [0.15, 0.2) is 0 Å². The molecule has 1 aromatic rings. The van der Waals surface area contributed by atoms with E-state index in [0.717, 1.165) is 12.5 Å². The summed E-state index contributed by atoms with van der Waals surface area (Å²) in [6.45, 7) is 0.944. The highest BCUT2D eigenvalue weighted by molar-refractivity contribution is 5.34. The Morgan fingerprint density at radius 2 is 2.19 bits per heavy atom. The SMILES string of the molecule is Nc1ccnc(NCCCC2CCCC2)n1. The van der Waals surface area contributed by atoms with Crippen LogP contribution in [0.1, 0.15) is 38.5 Å². The van der Waals surface area contributed by atoms with Gasteiger partial charge in [0.05, 0.1) is 0 Å². The maximum Gasteiger partial charge on any atom is 0.224 e. The van der Waals surface area contributed by atoms with E-state index in [1.165, 1.54) is 38.5 Å². The summed E-state index contributed by atoms with van der Waals surface area (Å²) < 4.78 is 0. The number of nitrogens with one attached hydrogen (secondary N) is 1. The molecule has 4 heteroatoms. The van der Waals surface area contributed by atoms with E-state index in [-0.39, 0.29) is 0 Å². The van der Waals surface area contributed by atoms with E-state index >= 15 is 0 Å². The summed E-state index contributed by atoms with van der Waals surface area (Å²) in [6.07, 6.45) is 9.91. The van der Waals surface area contributed by atoms with Gasteiger partial charge >= 0.3 is 0 Å². The summed E-state index contributed by atoms with van der Waals surface area (Å²) in [5.41, 5.74) is 5.57. The smallest absolute Gasteiger partial charge is 0.224 e. The standard InChI is InChI=1S/C12H20N4/c13-11-7-9-15-12(16-11)14-8-3-6-10-4-1-2-5-10/h7,9-10H,1-6,8H2,(H3,13,14,15,16). The second kappa shape index (κ2) is 5.68. The zero-order valence-electron chi connectivity index (χ0n) is 9.65. The van der Waals surface area contributed by atoms with Gasteiger partial charge < -0.3 is 11.1 Å². The molecule has 0 unspecified atom stereocenters. The molecule has 0 aromatic carbocycles. The first-order valence-electron chi connectivity index (χ1n) is 6.17. The highest BCUT2D eigenvalue weighted by Crippen LogP contribution is 2.28. The number of nitrogen functional groups attached to an aromatic ring is 1. The largest absolute Gasteiger partial charge is 0.384 e. The van der Waals surface area contributed by atoms with Crippen LogP contribution < -0.4 is 11.1 Å². The zero-order valence-corrected chi connectivity index (χ0v) is 9.65. The second-order valence-corrected chi connectivity index (χ2v) is 4.52. The molecule has 1 aromatic heterocycles. The summed E-state index contributed by atoms with van der Waals surface area (Å²) in [6, 6.07) is 1.70. The lowest BCUT2D eigenvalue weighted by molar-refractivity contribution is 0.491. The van der Waals surface area contributed by atoms with Gasteiger partial charge in [0, 0.05) is 12.7 Å². The molecule has 0 spiro atoms. The number of hydrogen-bond acceptors (Lipinski definition) is 4. The molecule has 1 saturated carbocycles. The van der Waals surface area contributed by atoms with E-state index in [0.29, 0.717) is 11.8 Å². The van der Waals surface area contributed by atoms with Crippen molar-refractivity contribution in [1.82, 2.24) is 9.97 Å². The maximum atomic E-state index is 5.57. The van der Waals surface area contributed by atoms with Crippen LogP contribution in [0.4, 0.5) is 11.8 Å². The fourth-order valence-corrected chi connectivity index (χ4v) is 2.35. The minimum absolute atomic E-state index is 0.522. The van der Waals surface area contributed by atoms with E-state index < -0.39 is 0 Å². The number of hydrogen-bond donors (Lipinski definition) is 2. The average Bonchev–Trinajstić information content (AvgIpc) is 2.77. The molecule has 1 aliphatic rings. The molecular weight excluding hydrogens is 200 g/mol. The molecule has 0 amide bonds. The molecular formula is C12H20N4. The van der Waals surface area contributed by atoms with E-state index in [9.17, 15) is 0 Å². The van der Waals surface area contributed by atoms with Gasteiger partial charge in [-0.05, 0) is 24.8 Å². The Morgan fingerprint density at radius 1 is 1.38 bits per heavy atom. The fourth-order valence-electron chi connectivity index (χ4n) is 2.35. The molecule has 16 heavy (non-hydrogen) atoms. The second-order valence-electron chi connectivity index (χ2n) is 4.52. The molecule has 0 saturated heterocycles. The third kappa shape index (κ3) is 3.36. The van der Waals surface area contributed by atoms with Crippen LogP contribution in [-0.2, 0) is 0 Å². The molecule has 0 radical (unpaired) electrons. The van der Waals surface area contributed by atoms with Crippen molar-refractivity contribution in [2.45, 2.75) is 38.5 Å². The van der Waals surface area contributed by atoms with Crippen LogP contribution in [0.5, 0.6) is 0 Å². The third-order valence-corrected chi connectivity index (χ3v) is 3.22. The minimum atomic E-state index is 0.522. The molecule has 1 aliphatic carbocycles. The van der Waals surface area contributed by atoms with Gasteiger partial charge in [-0.1, -0.05) is 25.7 Å². The lowest BCUT2D eigenvalue weighted by Gasteiger charge is -2.09. The summed E-state index contributed by atoms with van der Waals surface area (Å²) in [4.78, 5) is 8.20. The summed E-state index contributed by atoms with van der Waals surface area (Å²) >= 11 is 0. The Bertz CT molecular complexity index is 321. The van der Waals surface area contributed by atoms with Gasteiger partial charge in [-0.3, -0.25) is 0 Å². The first-order valence-corrected chi connectivity index (χ1v) is 6.17. The Morgan fingerprint density at radius 3 is 2.94 bits per heavy atom. The Labute approximate surface area is 96.7 Å². The van der Waals surface area contributed by atoms with Gasteiger partial charge in [0.1, 0.15) is 5.82 Å². The number of aromatic nitrogens is 2. The van der Waals surface area contributed by atoms with Crippen LogP contribution >= 0.6 is 0 Å². The molecule has 1 heterocycles. The first-order chi connectivity index (χ1) is 7.84. The highest BCUT2D eigenvalue weighted by atomic mass is 15.1. The Hall–Kier alpha value is -1.32. The van der Waals surface area contributed by atoms with Crippen LogP contribution in [0.3, 0.4) is 0 Å². The van der Waals surface area contributed by atoms with Crippen LogP contribution in [0.2, 0.25) is 0 Å². The number of nitrogens with zero attached hydrogens (tertiary/aromatic N) is 2. The van der Waals surface area contributed by atoms with E-state index in [4.69, 9.17) is 5.73 Å². The van der Waals surface area contributed by atoms with E-state index in [1.807, 2.05) is 0 Å². The first kappa shape index (κ1) is 11.2. The van der Waals surface area contributed by atoms with Gasteiger partial charge in [-0.15, -0.1) is 0 Å². The normalized spacial score (nSPS) is 16.5. The molecule has 0 atom stereocenters. The van der Waals surface area contributed by atoms with Gasteiger partial charge in [-0.2, -0.15) is 4.98 Å². The monoisotopic (exact) mass is 220 g/mol. The van der Waals surface area contributed by atoms with Gasteiger partial charge in [0.25, 0.3) is 0 Å². The van der Waals surface area contributed by atoms with E-state index in [1.54, 1.807) is 12.3 Å². The predicted molar refractivity (Wildman–Crippen MR) is 66.1 cm³/mol. The number of nitrogens with two attached hydrogens (primary N) is 1. The quantitative estimate of drug-likeness (QED) is 0.748. The van der Waals surface area contributed by atoms with Crippen molar-refractivity contribution >= 4 is 11.8 Å². The maximum absolute atomic E-state index is 5.57. The van der Waals surface area contributed by atoms with Crippen molar-refractivity contribution in [3.8, 4) is 0 Å². The zero-order chi connectivity index (χ0) is 11.2. The van der Waals surface area contributed by atoms with Crippen LogP contribution in [0, 0.1) is 5.92 Å². The van der Waals surface area contributed by atoms with E-state index in [2.05, 4.69) is 15.3 Å². The van der Waals surface area contributed by atoms with Crippen molar-refractivity contribution < 1.29 is 0 Å². The lowest BCUT2D eigenvalue weighted by Crippen LogP contribution is -2.07. The summed E-state index contributed by atoms with van der Waals surface area (Å²) in [7, 11) is 0. The van der Waals surface area contributed by atoms with Gasteiger partial charge in [0.2, 0.25) is 5.95 Å². The molecule has 3 N–H and O–H groups in total. The Kier molecular flexibility index (Phi) is 3.97. The predicted octanol–water partition coefficient (Wildman–Crippen LogP) is 2.44. The van der Waals surface area contributed by atoms with Crippen LogP contribution in [0.25, 0.3) is 0 Å². The molecule has 0 aliphatic heterocycles. The highest BCUT2D eigenvalue weighted by Gasteiger charge is 2.13. The molecule has 88 valence electrons. The average molecular weight is 220 g/mol. The van der Waals surface area contributed by atoms with Crippen molar-refractivity contribution in [1.29, 1.82) is 0 Å². The topological polar surface area (TPSA) is 63.8 Å². The van der Waals surface area contributed by atoms with Crippen molar-refractivity contribution in [2.75, 3.05) is 17.6 Å². The number of rotatable bonds is 5. The molecule has 0 bridgehead atoms. The summed E-state index contributed by atoms with van der Waals surface area (Å²) in [5, 5.41) is 3.21.